The molecule has 8 nitrogen and oxygen atoms in total. The molecule has 0 saturated carbocycles. The zero-order chi connectivity index (χ0) is 20.8. The van der Waals surface area contributed by atoms with Crippen LogP contribution in [0, 0.1) is 6.92 Å². The largest absolute Gasteiger partial charge is 0.419 e. The van der Waals surface area contributed by atoms with Gasteiger partial charge in [0.25, 0.3) is 5.79 Å². The number of benzene rings is 2. The molecule has 0 radical (unpaired) electrons. The number of hydrogen-bond donors (Lipinski definition) is 1. The maximum atomic E-state index is 12.0. The highest BCUT2D eigenvalue weighted by Crippen LogP contribution is 2.24. The van der Waals surface area contributed by atoms with Crippen molar-refractivity contribution in [2.45, 2.75) is 26.6 Å². The first-order valence-electron chi connectivity index (χ1n) is 8.79. The fourth-order valence-electron chi connectivity index (χ4n) is 2.76. The van der Waals surface area contributed by atoms with E-state index in [9.17, 15) is 9.59 Å². The molecule has 0 aliphatic carbocycles. The van der Waals surface area contributed by atoms with E-state index in [2.05, 4.69) is 15.5 Å². The van der Waals surface area contributed by atoms with Gasteiger partial charge in [-0.15, -0.1) is 10.2 Å². The number of anilines is 1. The van der Waals surface area contributed by atoms with Gasteiger partial charge in [0, 0.05) is 30.8 Å². The zero-order valence-corrected chi connectivity index (χ0v) is 16.6. The Labute approximate surface area is 171 Å². The molecular weight excluding hydrogens is 396 g/mol. The minimum Gasteiger partial charge on any atom is -0.419 e. The van der Waals surface area contributed by atoms with E-state index in [4.69, 9.17) is 21.1 Å². The fourth-order valence-corrected chi connectivity index (χ4v) is 2.93. The zero-order valence-electron chi connectivity index (χ0n) is 15.9. The van der Waals surface area contributed by atoms with Crippen molar-refractivity contribution in [2.75, 3.05) is 5.32 Å². The predicted octanol–water partition coefficient (Wildman–Crippen LogP) is 3.51. The molecule has 1 N–H and O–H groups in total. The second kappa shape index (κ2) is 6.89. The van der Waals surface area contributed by atoms with Gasteiger partial charge in [0.2, 0.25) is 0 Å². The van der Waals surface area contributed by atoms with Gasteiger partial charge in [0.05, 0.1) is 5.69 Å². The Morgan fingerprint density at radius 3 is 2.41 bits per heavy atom. The van der Waals surface area contributed by atoms with Crippen LogP contribution in [0.1, 0.15) is 19.4 Å². The Kier molecular flexibility index (Phi) is 4.50. The molecule has 0 atom stereocenters. The van der Waals surface area contributed by atoms with Gasteiger partial charge in [0.1, 0.15) is 11.0 Å². The average Bonchev–Trinajstić information content (AvgIpc) is 3.05. The second-order valence-corrected chi connectivity index (χ2v) is 7.41. The molecule has 29 heavy (non-hydrogen) atoms. The number of rotatable bonds is 3. The second-order valence-electron chi connectivity index (χ2n) is 7.01. The van der Waals surface area contributed by atoms with Gasteiger partial charge >= 0.3 is 11.9 Å². The van der Waals surface area contributed by atoms with Gasteiger partial charge in [0.15, 0.2) is 5.57 Å². The molecule has 1 saturated heterocycles. The number of carbonyl (C=O) groups is 2. The number of aromatic nitrogens is 3. The summed E-state index contributed by atoms with van der Waals surface area (Å²) in [6.07, 6.45) is 1.26. The van der Waals surface area contributed by atoms with Gasteiger partial charge in [-0.1, -0.05) is 17.7 Å². The molecule has 0 bridgehead atoms. The van der Waals surface area contributed by atoms with E-state index in [1.54, 1.807) is 24.3 Å². The van der Waals surface area contributed by atoms with E-state index in [-0.39, 0.29) is 5.57 Å². The number of cyclic esters (lactones) is 2. The number of nitrogens with one attached hydrogen (secondary N) is 1. The van der Waals surface area contributed by atoms with Crippen LogP contribution in [0.15, 0.2) is 48.2 Å². The summed E-state index contributed by atoms with van der Waals surface area (Å²) in [5, 5.41) is 12.4. The summed E-state index contributed by atoms with van der Waals surface area (Å²) in [5.41, 5.74) is 3.41. The van der Waals surface area contributed by atoms with E-state index in [1.165, 1.54) is 24.8 Å². The molecule has 1 aliphatic heterocycles. The average molecular weight is 413 g/mol. The van der Waals surface area contributed by atoms with Crippen LogP contribution >= 0.6 is 11.6 Å². The van der Waals surface area contributed by atoms with Gasteiger partial charge < -0.3 is 14.8 Å². The van der Waals surface area contributed by atoms with Crippen molar-refractivity contribution >= 4 is 40.3 Å². The summed E-state index contributed by atoms with van der Waals surface area (Å²) in [5.74, 6) is -2.77. The Bertz CT molecular complexity index is 1160. The molecule has 9 heteroatoms. The lowest BCUT2D eigenvalue weighted by molar-refractivity contribution is -0.222. The normalized spacial score (nSPS) is 15.8. The van der Waals surface area contributed by atoms with Crippen molar-refractivity contribution < 1.29 is 19.1 Å². The Balaban J connectivity index is 1.59. The van der Waals surface area contributed by atoms with Gasteiger partial charge in [-0.25, -0.2) is 9.59 Å². The standard InChI is InChI=1S/C20H17ClN4O4/c1-11-4-6-13(9-15(11)21)25-23-16-7-5-12(8-17(16)24-25)22-10-14-18(26)28-20(2,3)29-19(14)27/h4-10,22H,1-3H3. The third-order valence-electron chi connectivity index (χ3n) is 4.27. The molecule has 1 fully saturated rings. The third kappa shape index (κ3) is 3.79. The van der Waals surface area contributed by atoms with Crippen LogP contribution in [-0.2, 0) is 19.1 Å². The van der Waals surface area contributed by atoms with Crippen LogP contribution in [0.4, 0.5) is 5.69 Å². The molecule has 1 aromatic heterocycles. The summed E-state index contributed by atoms with van der Waals surface area (Å²) in [6.45, 7) is 4.90. The first-order chi connectivity index (χ1) is 13.7. The van der Waals surface area contributed by atoms with Crippen molar-refractivity contribution in [2.24, 2.45) is 0 Å². The summed E-state index contributed by atoms with van der Waals surface area (Å²) in [6, 6.07) is 10.8. The smallest absolute Gasteiger partial charge is 0.350 e. The molecule has 0 unspecified atom stereocenters. The number of nitrogens with zero attached hydrogens (tertiary/aromatic N) is 3. The monoisotopic (exact) mass is 412 g/mol. The van der Waals surface area contributed by atoms with Crippen LogP contribution < -0.4 is 5.32 Å². The molecule has 0 amide bonds. The summed E-state index contributed by atoms with van der Waals surface area (Å²) >= 11 is 6.18. The SMILES string of the molecule is Cc1ccc(-n2nc3ccc(NC=C4C(=O)OC(C)(C)OC4=O)cc3n2)cc1Cl. The molecule has 148 valence electrons. The van der Waals surface area contributed by atoms with Gasteiger partial charge in [-0.3, -0.25) is 0 Å². The highest BCUT2D eigenvalue weighted by Gasteiger charge is 2.38. The molecule has 3 aromatic rings. The lowest BCUT2D eigenvalue weighted by atomic mass is 10.2. The molecule has 0 spiro atoms. The number of aryl methyl sites for hydroxylation is 1. The number of hydrogen-bond acceptors (Lipinski definition) is 7. The van der Waals surface area contributed by atoms with Crippen molar-refractivity contribution in [3.05, 3.63) is 58.8 Å². The number of fused-ring (bicyclic) bond motifs is 1. The van der Waals surface area contributed by atoms with Crippen LogP contribution in [0.25, 0.3) is 16.7 Å². The molecule has 2 heterocycles. The predicted molar refractivity (Wildman–Crippen MR) is 107 cm³/mol. The summed E-state index contributed by atoms with van der Waals surface area (Å²) in [4.78, 5) is 25.5. The lowest BCUT2D eigenvalue weighted by Gasteiger charge is -2.29. The highest BCUT2D eigenvalue weighted by atomic mass is 35.5. The van der Waals surface area contributed by atoms with Crippen molar-refractivity contribution in [1.82, 2.24) is 15.0 Å². The van der Waals surface area contributed by atoms with E-state index in [0.717, 1.165) is 11.3 Å². The van der Waals surface area contributed by atoms with Crippen LogP contribution in [0.5, 0.6) is 0 Å². The molecule has 2 aromatic carbocycles. The van der Waals surface area contributed by atoms with Crippen molar-refractivity contribution in [1.29, 1.82) is 0 Å². The maximum absolute atomic E-state index is 12.0. The van der Waals surface area contributed by atoms with E-state index in [0.29, 0.717) is 21.7 Å². The molecule has 4 rings (SSSR count). The van der Waals surface area contributed by atoms with Gasteiger partial charge in [-0.05, 0) is 42.8 Å². The van der Waals surface area contributed by atoms with E-state index < -0.39 is 17.7 Å². The van der Waals surface area contributed by atoms with Crippen molar-refractivity contribution in [3.8, 4) is 5.69 Å². The first-order valence-corrected chi connectivity index (χ1v) is 9.17. The van der Waals surface area contributed by atoms with E-state index >= 15 is 0 Å². The fraction of sp³-hybridized carbons (Fsp3) is 0.200. The highest BCUT2D eigenvalue weighted by molar-refractivity contribution is 6.31. The van der Waals surface area contributed by atoms with Crippen LogP contribution in [0.2, 0.25) is 5.02 Å². The topological polar surface area (TPSA) is 95.3 Å². The Morgan fingerprint density at radius 1 is 1.03 bits per heavy atom. The number of ether oxygens (including phenoxy) is 2. The maximum Gasteiger partial charge on any atom is 0.350 e. The molecule has 1 aliphatic rings. The first kappa shape index (κ1) is 18.9. The Hall–Kier alpha value is -3.39. The lowest BCUT2D eigenvalue weighted by Crippen LogP contribution is -2.42. The summed E-state index contributed by atoms with van der Waals surface area (Å²) in [7, 11) is 0. The minimum atomic E-state index is -1.28. The van der Waals surface area contributed by atoms with Crippen LogP contribution in [-0.4, -0.2) is 32.7 Å². The number of halogens is 1. The summed E-state index contributed by atoms with van der Waals surface area (Å²) < 4.78 is 10.1. The van der Waals surface area contributed by atoms with Crippen LogP contribution in [0.3, 0.4) is 0 Å². The molecular formula is C20H17ClN4O4. The number of carbonyl (C=O) groups excluding carboxylic acids is 2. The third-order valence-corrected chi connectivity index (χ3v) is 4.67. The van der Waals surface area contributed by atoms with E-state index in [1.807, 2.05) is 19.1 Å². The minimum absolute atomic E-state index is 0.220. The quantitative estimate of drug-likeness (QED) is 0.399. The Morgan fingerprint density at radius 2 is 1.72 bits per heavy atom. The number of esters is 2. The van der Waals surface area contributed by atoms with Gasteiger partial charge in [-0.2, -0.15) is 4.80 Å². The van der Waals surface area contributed by atoms with Crippen molar-refractivity contribution in [3.63, 3.8) is 0 Å².